The van der Waals surface area contributed by atoms with Crippen molar-refractivity contribution >= 4 is 12.0 Å². The Balaban J connectivity index is 3.08. The van der Waals surface area contributed by atoms with E-state index in [0.29, 0.717) is 0 Å². The molecule has 0 aromatic carbocycles. The van der Waals surface area contributed by atoms with E-state index in [1.54, 1.807) is 0 Å². The molecule has 1 heterocycles. The summed E-state index contributed by atoms with van der Waals surface area (Å²) in [5.41, 5.74) is -0.990. The van der Waals surface area contributed by atoms with Crippen molar-refractivity contribution in [1.82, 2.24) is 10.2 Å². The molecule has 0 spiro atoms. The van der Waals surface area contributed by atoms with Crippen molar-refractivity contribution in [3.63, 3.8) is 0 Å². The minimum atomic E-state index is -4.56. The molecule has 0 bridgehead atoms. The molecule has 1 rings (SSSR count). The number of esters is 1. The number of carbonyl (C=O) groups excluding carboxylic acids is 1. The highest BCUT2D eigenvalue weighted by molar-refractivity contribution is 5.87. The molecule has 4 nitrogen and oxygen atoms in total. The summed E-state index contributed by atoms with van der Waals surface area (Å²) in [6.07, 6.45) is -2.62. The van der Waals surface area contributed by atoms with Crippen molar-refractivity contribution in [2.45, 2.75) is 13.1 Å². The van der Waals surface area contributed by atoms with E-state index in [-0.39, 0.29) is 11.3 Å². The van der Waals surface area contributed by atoms with Gasteiger partial charge in [-0.2, -0.15) is 18.3 Å². The van der Waals surface area contributed by atoms with Crippen molar-refractivity contribution in [3.8, 4) is 0 Å². The van der Waals surface area contributed by atoms with Gasteiger partial charge in [0, 0.05) is 17.3 Å². The summed E-state index contributed by atoms with van der Waals surface area (Å²) in [6, 6.07) is 0. The van der Waals surface area contributed by atoms with E-state index in [1.807, 2.05) is 0 Å². The molecule has 0 saturated carbocycles. The minimum Gasteiger partial charge on any atom is -0.466 e. The van der Waals surface area contributed by atoms with Crippen molar-refractivity contribution < 1.29 is 22.7 Å². The largest absolute Gasteiger partial charge is 0.466 e. The first-order valence-corrected chi connectivity index (χ1v) is 4.24. The number of aromatic nitrogens is 2. The maximum atomic E-state index is 12.4. The first kappa shape index (κ1) is 12.3. The number of nitrogens with one attached hydrogen (secondary N) is 1. The number of aromatic amines is 1. The number of alkyl halides is 3. The first-order valence-electron chi connectivity index (χ1n) is 4.24. The minimum absolute atomic E-state index is 0.169. The number of methoxy groups -OCH3 is 1. The first-order chi connectivity index (χ1) is 7.36. The fourth-order valence-corrected chi connectivity index (χ4v) is 1.08. The molecule has 1 N–H and O–H groups in total. The molecule has 0 unspecified atom stereocenters. The zero-order valence-electron chi connectivity index (χ0n) is 8.55. The Morgan fingerprint density at radius 3 is 2.62 bits per heavy atom. The van der Waals surface area contributed by atoms with Crippen LogP contribution in [0.2, 0.25) is 0 Å². The fraction of sp³-hybridized carbons (Fsp3) is 0.333. The number of aryl methyl sites for hydroxylation is 1. The third kappa shape index (κ3) is 2.62. The lowest BCUT2D eigenvalue weighted by Crippen LogP contribution is -2.07. The highest BCUT2D eigenvalue weighted by Crippen LogP contribution is 2.31. The van der Waals surface area contributed by atoms with Gasteiger partial charge in [-0.05, 0) is 13.0 Å². The van der Waals surface area contributed by atoms with Crippen LogP contribution in [-0.4, -0.2) is 23.3 Å². The predicted molar refractivity (Wildman–Crippen MR) is 49.4 cm³/mol. The van der Waals surface area contributed by atoms with E-state index in [1.165, 1.54) is 6.92 Å². The van der Waals surface area contributed by atoms with Crippen LogP contribution >= 0.6 is 0 Å². The number of H-pyrrole nitrogens is 1. The number of rotatable bonds is 2. The SMILES string of the molecule is COC(=O)C=Cc1c(C(F)(F)F)n[nH]c1C. The van der Waals surface area contributed by atoms with Crippen LogP contribution in [0.3, 0.4) is 0 Å². The molecule has 1 aromatic rings. The summed E-state index contributed by atoms with van der Waals surface area (Å²) < 4.78 is 41.6. The van der Waals surface area contributed by atoms with Crippen molar-refractivity contribution in [2.75, 3.05) is 7.11 Å². The lowest BCUT2D eigenvalue weighted by atomic mass is 10.1. The van der Waals surface area contributed by atoms with Crippen LogP contribution in [0, 0.1) is 6.92 Å². The number of hydrogen-bond acceptors (Lipinski definition) is 3. The van der Waals surface area contributed by atoms with E-state index < -0.39 is 17.8 Å². The lowest BCUT2D eigenvalue weighted by Gasteiger charge is -2.03. The van der Waals surface area contributed by atoms with Crippen LogP contribution < -0.4 is 0 Å². The normalized spacial score (nSPS) is 12.1. The molecular formula is C9H9F3N2O2. The van der Waals surface area contributed by atoms with Gasteiger partial charge in [-0.25, -0.2) is 4.79 Å². The molecular weight excluding hydrogens is 225 g/mol. The van der Waals surface area contributed by atoms with Gasteiger partial charge in [0.05, 0.1) is 7.11 Å². The average Bonchev–Trinajstić information content (AvgIpc) is 2.55. The van der Waals surface area contributed by atoms with Crippen LogP contribution in [0.1, 0.15) is 17.0 Å². The van der Waals surface area contributed by atoms with Gasteiger partial charge in [-0.15, -0.1) is 0 Å². The van der Waals surface area contributed by atoms with Crippen molar-refractivity contribution in [3.05, 3.63) is 23.0 Å². The van der Waals surface area contributed by atoms with Gasteiger partial charge in [0.15, 0.2) is 5.69 Å². The number of carbonyl (C=O) groups is 1. The van der Waals surface area contributed by atoms with E-state index in [4.69, 9.17) is 0 Å². The summed E-state index contributed by atoms with van der Waals surface area (Å²) >= 11 is 0. The van der Waals surface area contributed by atoms with Crippen LogP contribution in [0.5, 0.6) is 0 Å². The number of ether oxygens (including phenoxy) is 1. The predicted octanol–water partition coefficient (Wildman–Crippen LogP) is 1.92. The number of nitrogens with zero attached hydrogens (tertiary/aromatic N) is 1. The molecule has 88 valence electrons. The van der Waals surface area contributed by atoms with Gasteiger partial charge in [0.2, 0.25) is 0 Å². The highest BCUT2D eigenvalue weighted by Gasteiger charge is 2.36. The van der Waals surface area contributed by atoms with Gasteiger partial charge in [-0.1, -0.05) is 0 Å². The smallest absolute Gasteiger partial charge is 0.435 e. The van der Waals surface area contributed by atoms with E-state index in [9.17, 15) is 18.0 Å². The third-order valence-corrected chi connectivity index (χ3v) is 1.85. The highest BCUT2D eigenvalue weighted by atomic mass is 19.4. The maximum absolute atomic E-state index is 12.4. The second kappa shape index (κ2) is 4.38. The molecule has 0 aliphatic rings. The topological polar surface area (TPSA) is 55.0 Å². The summed E-state index contributed by atoms with van der Waals surface area (Å²) in [6.45, 7) is 1.43. The standard InChI is InChI=1S/C9H9F3N2O2/c1-5-6(3-4-7(15)16-2)8(14-13-5)9(10,11)12/h3-4H,1-2H3,(H,13,14). The third-order valence-electron chi connectivity index (χ3n) is 1.85. The van der Waals surface area contributed by atoms with Gasteiger partial charge in [0.25, 0.3) is 0 Å². The van der Waals surface area contributed by atoms with Crippen LogP contribution in [-0.2, 0) is 15.7 Å². The van der Waals surface area contributed by atoms with Crippen LogP contribution in [0.25, 0.3) is 6.08 Å². The van der Waals surface area contributed by atoms with Crippen molar-refractivity contribution in [2.24, 2.45) is 0 Å². The average molecular weight is 234 g/mol. The lowest BCUT2D eigenvalue weighted by molar-refractivity contribution is -0.141. The summed E-state index contributed by atoms with van der Waals surface area (Å²) in [5, 5.41) is 5.35. The quantitative estimate of drug-likeness (QED) is 0.628. The van der Waals surface area contributed by atoms with E-state index in [0.717, 1.165) is 19.3 Å². The Kier molecular flexibility index (Phi) is 3.36. The molecule has 0 amide bonds. The van der Waals surface area contributed by atoms with E-state index in [2.05, 4.69) is 14.9 Å². The van der Waals surface area contributed by atoms with Gasteiger partial charge >= 0.3 is 12.1 Å². The maximum Gasteiger partial charge on any atom is 0.435 e. The Morgan fingerprint density at radius 1 is 1.50 bits per heavy atom. The van der Waals surface area contributed by atoms with Crippen molar-refractivity contribution in [1.29, 1.82) is 0 Å². The molecule has 1 aromatic heterocycles. The van der Waals surface area contributed by atoms with Gasteiger partial charge in [0.1, 0.15) is 0 Å². The Bertz CT molecular complexity index is 421. The zero-order chi connectivity index (χ0) is 12.3. The molecule has 0 saturated heterocycles. The van der Waals surface area contributed by atoms with Crippen LogP contribution in [0.15, 0.2) is 6.08 Å². The monoisotopic (exact) mass is 234 g/mol. The van der Waals surface area contributed by atoms with Gasteiger partial charge in [-0.3, -0.25) is 5.10 Å². The Labute approximate surface area is 89.1 Å². The fourth-order valence-electron chi connectivity index (χ4n) is 1.08. The molecule has 0 fully saturated rings. The molecule has 0 aliphatic heterocycles. The summed E-state index contributed by atoms with van der Waals surface area (Å²) in [5.74, 6) is -0.728. The molecule has 0 aliphatic carbocycles. The second-order valence-corrected chi connectivity index (χ2v) is 2.97. The molecule has 0 radical (unpaired) electrons. The zero-order valence-corrected chi connectivity index (χ0v) is 8.55. The molecule has 7 heteroatoms. The number of halogens is 3. The summed E-state index contributed by atoms with van der Waals surface area (Å²) in [7, 11) is 1.14. The molecule has 16 heavy (non-hydrogen) atoms. The molecule has 0 atom stereocenters. The Morgan fingerprint density at radius 2 is 2.12 bits per heavy atom. The van der Waals surface area contributed by atoms with E-state index >= 15 is 0 Å². The van der Waals surface area contributed by atoms with Gasteiger partial charge < -0.3 is 4.74 Å². The van der Waals surface area contributed by atoms with Crippen LogP contribution in [0.4, 0.5) is 13.2 Å². The number of hydrogen-bond donors (Lipinski definition) is 1. The summed E-state index contributed by atoms with van der Waals surface area (Å²) in [4.78, 5) is 10.8. The second-order valence-electron chi connectivity index (χ2n) is 2.97. The Hall–Kier alpha value is -1.79.